The molecule has 6 nitrogen and oxygen atoms in total. The highest BCUT2D eigenvalue weighted by atomic mass is 16.1. The highest BCUT2D eigenvalue weighted by Gasteiger charge is 2.09. The van der Waals surface area contributed by atoms with Crippen LogP contribution in [0.5, 0.6) is 0 Å². The molecule has 3 aromatic rings. The van der Waals surface area contributed by atoms with Gasteiger partial charge in [0.25, 0.3) is 5.56 Å². The van der Waals surface area contributed by atoms with Crippen molar-refractivity contribution >= 4 is 28.8 Å². The highest BCUT2D eigenvalue weighted by molar-refractivity contribution is 5.81. The molecular formula is C22H25N5O. The molecule has 0 aliphatic carbocycles. The van der Waals surface area contributed by atoms with E-state index in [4.69, 9.17) is 0 Å². The monoisotopic (exact) mass is 375 g/mol. The van der Waals surface area contributed by atoms with Gasteiger partial charge in [0.05, 0.1) is 17.1 Å². The number of aromatic nitrogens is 2. The Labute approximate surface area is 164 Å². The summed E-state index contributed by atoms with van der Waals surface area (Å²) in [6, 6.07) is 15.5. The van der Waals surface area contributed by atoms with Gasteiger partial charge in [0.1, 0.15) is 0 Å². The van der Waals surface area contributed by atoms with E-state index in [1.807, 2.05) is 30.3 Å². The van der Waals surface area contributed by atoms with Crippen molar-refractivity contribution in [2.24, 2.45) is 5.10 Å². The van der Waals surface area contributed by atoms with E-state index in [-0.39, 0.29) is 5.56 Å². The van der Waals surface area contributed by atoms with Crippen LogP contribution in [0.4, 0.5) is 11.6 Å². The molecule has 3 rings (SSSR count). The van der Waals surface area contributed by atoms with Crippen molar-refractivity contribution in [3.8, 4) is 0 Å². The van der Waals surface area contributed by atoms with E-state index < -0.39 is 0 Å². The van der Waals surface area contributed by atoms with Crippen LogP contribution in [0.1, 0.15) is 19.4 Å². The molecule has 0 unspecified atom stereocenters. The second kappa shape index (κ2) is 8.99. The third-order valence-electron chi connectivity index (χ3n) is 4.57. The van der Waals surface area contributed by atoms with Crippen molar-refractivity contribution < 1.29 is 0 Å². The molecule has 0 bridgehead atoms. The average Bonchev–Trinajstić information content (AvgIpc) is 2.73. The molecule has 0 amide bonds. The molecule has 0 fully saturated rings. The van der Waals surface area contributed by atoms with Crippen molar-refractivity contribution in [3.63, 3.8) is 0 Å². The summed E-state index contributed by atoms with van der Waals surface area (Å²) in [6.07, 6.45) is 3.38. The van der Waals surface area contributed by atoms with Crippen LogP contribution < -0.4 is 15.9 Å². The predicted octanol–water partition coefficient (Wildman–Crippen LogP) is 3.87. The Balaban J connectivity index is 1.83. The topological polar surface area (TPSA) is 62.5 Å². The average molecular weight is 375 g/mol. The van der Waals surface area contributed by atoms with E-state index in [9.17, 15) is 4.79 Å². The predicted molar refractivity (Wildman–Crippen MR) is 117 cm³/mol. The lowest BCUT2D eigenvalue weighted by Crippen LogP contribution is -2.23. The minimum Gasteiger partial charge on any atom is -0.372 e. The van der Waals surface area contributed by atoms with Crippen LogP contribution in [-0.2, 0) is 6.54 Å². The number of hydrogen-bond acceptors (Lipinski definition) is 5. The third kappa shape index (κ3) is 4.11. The molecule has 1 heterocycles. The lowest BCUT2D eigenvalue weighted by atomic mass is 10.2. The molecular weight excluding hydrogens is 350 g/mol. The summed E-state index contributed by atoms with van der Waals surface area (Å²) in [5.74, 6) is 0.389. The minimum absolute atomic E-state index is 0.119. The third-order valence-corrected chi connectivity index (χ3v) is 4.57. The lowest BCUT2D eigenvalue weighted by Gasteiger charge is -2.20. The van der Waals surface area contributed by atoms with Crippen LogP contribution in [0, 0.1) is 0 Å². The fraction of sp³-hybridized carbons (Fsp3) is 0.227. The largest absolute Gasteiger partial charge is 0.372 e. The summed E-state index contributed by atoms with van der Waals surface area (Å²) in [7, 11) is 0. The number of hydrogen-bond donors (Lipinski definition) is 1. The summed E-state index contributed by atoms with van der Waals surface area (Å²) in [5, 5.41) is 4.85. The van der Waals surface area contributed by atoms with Crippen LogP contribution in [0.25, 0.3) is 10.9 Å². The van der Waals surface area contributed by atoms with E-state index in [0.29, 0.717) is 23.4 Å². The first kappa shape index (κ1) is 19.4. The molecule has 0 atom stereocenters. The lowest BCUT2D eigenvalue weighted by molar-refractivity contribution is 0.774. The van der Waals surface area contributed by atoms with Gasteiger partial charge in [-0.1, -0.05) is 30.3 Å². The summed E-state index contributed by atoms with van der Waals surface area (Å²) in [4.78, 5) is 19.5. The fourth-order valence-electron chi connectivity index (χ4n) is 3.08. The molecule has 1 aromatic heterocycles. The summed E-state index contributed by atoms with van der Waals surface area (Å²) in [6.45, 7) is 10.3. The zero-order chi connectivity index (χ0) is 19.9. The first-order chi connectivity index (χ1) is 13.7. The summed E-state index contributed by atoms with van der Waals surface area (Å²) in [5.41, 5.74) is 5.56. The first-order valence-corrected chi connectivity index (χ1v) is 9.42. The van der Waals surface area contributed by atoms with Crippen molar-refractivity contribution in [2.45, 2.75) is 20.4 Å². The fourth-order valence-corrected chi connectivity index (χ4v) is 3.08. The second-order valence-electron chi connectivity index (χ2n) is 6.29. The molecule has 0 aliphatic heterocycles. The van der Waals surface area contributed by atoms with Crippen molar-refractivity contribution in [1.82, 2.24) is 9.55 Å². The molecule has 0 spiro atoms. The molecule has 144 valence electrons. The quantitative estimate of drug-likeness (QED) is 0.369. The van der Waals surface area contributed by atoms with Gasteiger partial charge in [-0.25, -0.2) is 10.4 Å². The van der Waals surface area contributed by atoms with Crippen molar-refractivity contribution in [2.75, 3.05) is 23.4 Å². The van der Waals surface area contributed by atoms with Gasteiger partial charge >= 0.3 is 0 Å². The number of anilines is 2. The summed E-state index contributed by atoms with van der Waals surface area (Å²) < 4.78 is 1.52. The Morgan fingerprint density at radius 2 is 1.86 bits per heavy atom. The van der Waals surface area contributed by atoms with Gasteiger partial charge in [-0.05, 0) is 43.7 Å². The number of nitrogens with one attached hydrogen (secondary N) is 1. The maximum absolute atomic E-state index is 12.7. The summed E-state index contributed by atoms with van der Waals surface area (Å²) >= 11 is 0. The van der Waals surface area contributed by atoms with E-state index >= 15 is 0 Å². The first-order valence-electron chi connectivity index (χ1n) is 9.42. The van der Waals surface area contributed by atoms with Gasteiger partial charge < -0.3 is 4.90 Å². The van der Waals surface area contributed by atoms with Crippen LogP contribution >= 0.6 is 0 Å². The Kier molecular flexibility index (Phi) is 6.22. The zero-order valence-corrected chi connectivity index (χ0v) is 16.3. The Hall–Kier alpha value is -3.41. The number of allylic oxidation sites excluding steroid dienone is 1. The Morgan fingerprint density at radius 3 is 2.54 bits per heavy atom. The van der Waals surface area contributed by atoms with Crippen molar-refractivity contribution in [3.05, 3.63) is 77.1 Å². The highest BCUT2D eigenvalue weighted by Crippen LogP contribution is 2.14. The van der Waals surface area contributed by atoms with Crippen molar-refractivity contribution in [1.29, 1.82) is 0 Å². The molecule has 28 heavy (non-hydrogen) atoms. The maximum Gasteiger partial charge on any atom is 0.263 e. The normalized spacial score (nSPS) is 11.1. The Bertz CT molecular complexity index is 1030. The smallest absolute Gasteiger partial charge is 0.263 e. The molecule has 6 heteroatoms. The molecule has 0 radical (unpaired) electrons. The molecule has 0 saturated heterocycles. The number of fused-ring (bicyclic) bond motifs is 1. The van der Waals surface area contributed by atoms with Crippen LogP contribution in [0.3, 0.4) is 0 Å². The Morgan fingerprint density at radius 1 is 1.14 bits per heavy atom. The molecule has 2 aromatic carbocycles. The van der Waals surface area contributed by atoms with Crippen LogP contribution in [0.15, 0.2) is 71.1 Å². The van der Waals surface area contributed by atoms with Gasteiger partial charge in [-0.2, -0.15) is 5.10 Å². The van der Waals surface area contributed by atoms with Crippen LogP contribution in [-0.4, -0.2) is 28.9 Å². The molecule has 0 aliphatic rings. The van der Waals surface area contributed by atoms with Gasteiger partial charge in [0.2, 0.25) is 5.95 Å². The number of hydrazone groups is 1. The number of rotatable bonds is 8. The van der Waals surface area contributed by atoms with E-state index in [1.54, 1.807) is 18.4 Å². The SMILES string of the molecule is C=CCn1c(NN=Cc2ccc(N(CC)CC)cc2)nc2ccccc2c1=O. The minimum atomic E-state index is -0.119. The number of benzene rings is 2. The van der Waals surface area contributed by atoms with Crippen LogP contribution in [0.2, 0.25) is 0 Å². The van der Waals surface area contributed by atoms with E-state index in [1.165, 1.54) is 10.3 Å². The zero-order valence-electron chi connectivity index (χ0n) is 16.3. The van der Waals surface area contributed by atoms with Gasteiger partial charge in [-0.15, -0.1) is 6.58 Å². The maximum atomic E-state index is 12.7. The molecule has 1 N–H and O–H groups in total. The van der Waals surface area contributed by atoms with Gasteiger partial charge in [-0.3, -0.25) is 9.36 Å². The number of nitrogens with zero attached hydrogens (tertiary/aromatic N) is 4. The van der Waals surface area contributed by atoms with E-state index in [0.717, 1.165) is 18.7 Å². The van der Waals surface area contributed by atoms with Gasteiger partial charge in [0, 0.05) is 25.3 Å². The number of para-hydroxylation sites is 1. The standard InChI is InChI=1S/C22H25N5O/c1-4-15-27-21(28)19-9-7-8-10-20(19)24-22(27)25-23-16-17-11-13-18(14-12-17)26(5-2)6-3/h4,7-14,16H,1,5-6,15H2,2-3H3,(H,24,25). The van der Waals surface area contributed by atoms with E-state index in [2.05, 4.69) is 53.0 Å². The van der Waals surface area contributed by atoms with Gasteiger partial charge in [0.15, 0.2) is 0 Å². The second-order valence-corrected chi connectivity index (χ2v) is 6.29. The molecule has 0 saturated carbocycles.